The largest absolute Gasteiger partial charge is 0.478 e. The average Bonchev–Trinajstić information content (AvgIpc) is 2.44. The molecule has 1 rings (SSSR count). The molecule has 5 nitrogen and oxygen atoms in total. The van der Waals surface area contributed by atoms with Crippen molar-refractivity contribution in [1.82, 2.24) is 4.90 Å². The molecule has 0 aliphatic carbocycles. The Morgan fingerprint density at radius 1 is 1.33 bits per heavy atom. The van der Waals surface area contributed by atoms with Crippen LogP contribution in [0.25, 0.3) is 6.08 Å². The van der Waals surface area contributed by atoms with Crippen molar-refractivity contribution in [1.29, 1.82) is 0 Å². The van der Waals surface area contributed by atoms with Crippen molar-refractivity contribution >= 4 is 18.0 Å². The second-order valence-corrected chi connectivity index (χ2v) is 5.58. The summed E-state index contributed by atoms with van der Waals surface area (Å²) < 4.78 is 0. The van der Waals surface area contributed by atoms with Gasteiger partial charge in [0.25, 0.3) is 5.91 Å². The molecule has 0 aliphatic rings. The Bertz CT molecular complexity index is 576. The van der Waals surface area contributed by atoms with Crippen LogP contribution in [0.1, 0.15) is 35.3 Å². The van der Waals surface area contributed by atoms with Gasteiger partial charge in [0.15, 0.2) is 0 Å². The number of aliphatic carboxylic acids is 1. The Hall–Kier alpha value is -2.14. The van der Waals surface area contributed by atoms with Crippen LogP contribution in [0.3, 0.4) is 0 Å². The minimum Gasteiger partial charge on any atom is -0.478 e. The highest BCUT2D eigenvalue weighted by Crippen LogP contribution is 2.19. The number of nitrogens with zero attached hydrogens (tertiary/aromatic N) is 1. The van der Waals surface area contributed by atoms with Gasteiger partial charge in [-0.15, -0.1) is 0 Å². The molecular weight excluding hydrogens is 270 g/mol. The van der Waals surface area contributed by atoms with Gasteiger partial charge >= 0.3 is 5.97 Å². The standard InChI is InChI=1S/C16H21NO4/c1-11-5-6-12(7-8-14(19)20)9-13(11)15(21)17(4)16(2,3)10-18/h5-9,18H,10H2,1-4H3,(H,19,20)/b8-7+. The maximum absolute atomic E-state index is 12.5. The van der Waals surface area contributed by atoms with Crippen LogP contribution in [0.15, 0.2) is 24.3 Å². The van der Waals surface area contributed by atoms with Crippen LogP contribution < -0.4 is 0 Å². The summed E-state index contributed by atoms with van der Waals surface area (Å²) in [4.78, 5) is 24.6. The van der Waals surface area contributed by atoms with Gasteiger partial charge in [-0.3, -0.25) is 4.79 Å². The maximum atomic E-state index is 12.5. The molecule has 0 atom stereocenters. The molecule has 114 valence electrons. The zero-order valence-electron chi connectivity index (χ0n) is 12.8. The molecule has 1 aromatic carbocycles. The van der Waals surface area contributed by atoms with Crippen LogP contribution in [-0.2, 0) is 4.79 Å². The molecular formula is C16H21NO4. The summed E-state index contributed by atoms with van der Waals surface area (Å²) >= 11 is 0. The molecule has 0 radical (unpaired) electrons. The molecule has 21 heavy (non-hydrogen) atoms. The quantitative estimate of drug-likeness (QED) is 0.813. The normalized spacial score (nSPS) is 11.7. The fraction of sp³-hybridized carbons (Fsp3) is 0.375. The molecule has 5 heteroatoms. The summed E-state index contributed by atoms with van der Waals surface area (Å²) in [5.41, 5.74) is 1.26. The Labute approximate surface area is 124 Å². The van der Waals surface area contributed by atoms with Gasteiger partial charge in [-0.05, 0) is 44.0 Å². The van der Waals surface area contributed by atoms with Crippen LogP contribution >= 0.6 is 0 Å². The van der Waals surface area contributed by atoms with E-state index in [1.165, 1.54) is 11.0 Å². The van der Waals surface area contributed by atoms with E-state index < -0.39 is 11.5 Å². The smallest absolute Gasteiger partial charge is 0.328 e. The number of hydrogen-bond acceptors (Lipinski definition) is 3. The van der Waals surface area contributed by atoms with E-state index in [9.17, 15) is 14.7 Å². The van der Waals surface area contributed by atoms with Gasteiger partial charge in [0.05, 0.1) is 12.1 Å². The number of likely N-dealkylation sites (N-methyl/N-ethyl adjacent to an activating group) is 1. The van der Waals surface area contributed by atoms with Crippen molar-refractivity contribution < 1.29 is 19.8 Å². The summed E-state index contributed by atoms with van der Waals surface area (Å²) in [6, 6.07) is 5.18. The third-order valence-electron chi connectivity index (χ3n) is 3.51. The first-order valence-corrected chi connectivity index (χ1v) is 6.59. The number of amides is 1. The lowest BCUT2D eigenvalue weighted by atomic mass is 9.99. The van der Waals surface area contributed by atoms with Crippen molar-refractivity contribution in [2.75, 3.05) is 13.7 Å². The average molecular weight is 291 g/mol. The van der Waals surface area contributed by atoms with E-state index in [1.54, 1.807) is 39.1 Å². The zero-order chi connectivity index (χ0) is 16.2. The van der Waals surface area contributed by atoms with Crippen LogP contribution in [-0.4, -0.2) is 46.2 Å². The summed E-state index contributed by atoms with van der Waals surface area (Å²) in [6.45, 7) is 5.22. The van der Waals surface area contributed by atoms with Crippen LogP contribution in [0, 0.1) is 6.92 Å². The maximum Gasteiger partial charge on any atom is 0.328 e. The number of carbonyl (C=O) groups excluding carboxylic acids is 1. The number of carboxylic acids is 1. The predicted molar refractivity (Wildman–Crippen MR) is 81.1 cm³/mol. The van der Waals surface area contributed by atoms with Crippen molar-refractivity contribution in [2.45, 2.75) is 26.3 Å². The predicted octanol–water partition coefficient (Wildman–Crippen LogP) is 1.94. The number of benzene rings is 1. The molecule has 2 N–H and O–H groups in total. The molecule has 0 aromatic heterocycles. The van der Waals surface area contributed by atoms with E-state index >= 15 is 0 Å². The Morgan fingerprint density at radius 3 is 2.48 bits per heavy atom. The molecule has 0 saturated heterocycles. The summed E-state index contributed by atoms with van der Waals surface area (Å²) in [5.74, 6) is -1.25. The SMILES string of the molecule is Cc1ccc(/C=C/C(=O)O)cc1C(=O)N(C)C(C)(C)CO. The third-order valence-corrected chi connectivity index (χ3v) is 3.51. The lowest BCUT2D eigenvalue weighted by molar-refractivity contribution is -0.131. The van der Waals surface area contributed by atoms with Gasteiger partial charge < -0.3 is 15.1 Å². The number of carboxylic acid groups (broad SMARTS) is 1. The van der Waals surface area contributed by atoms with E-state index in [1.807, 2.05) is 6.92 Å². The van der Waals surface area contributed by atoms with Gasteiger partial charge in [0.2, 0.25) is 0 Å². The minimum atomic E-state index is -1.04. The lowest BCUT2D eigenvalue weighted by Gasteiger charge is -2.34. The van der Waals surface area contributed by atoms with Crippen LogP contribution in [0.5, 0.6) is 0 Å². The first-order chi connectivity index (χ1) is 9.69. The van der Waals surface area contributed by atoms with E-state index in [4.69, 9.17) is 5.11 Å². The van der Waals surface area contributed by atoms with Crippen molar-refractivity contribution in [3.63, 3.8) is 0 Å². The van der Waals surface area contributed by atoms with E-state index in [0.717, 1.165) is 11.6 Å². The van der Waals surface area contributed by atoms with Crippen molar-refractivity contribution in [3.05, 3.63) is 41.0 Å². The zero-order valence-corrected chi connectivity index (χ0v) is 12.8. The van der Waals surface area contributed by atoms with Gasteiger partial charge in [-0.2, -0.15) is 0 Å². The highest BCUT2D eigenvalue weighted by atomic mass is 16.4. The molecule has 0 heterocycles. The van der Waals surface area contributed by atoms with Gasteiger partial charge in [0, 0.05) is 18.7 Å². The van der Waals surface area contributed by atoms with E-state index in [-0.39, 0.29) is 12.5 Å². The highest BCUT2D eigenvalue weighted by molar-refractivity contribution is 5.97. The first-order valence-electron chi connectivity index (χ1n) is 6.59. The van der Waals surface area contributed by atoms with Gasteiger partial charge in [-0.1, -0.05) is 12.1 Å². The third kappa shape index (κ3) is 4.16. The second-order valence-electron chi connectivity index (χ2n) is 5.58. The fourth-order valence-corrected chi connectivity index (χ4v) is 1.70. The van der Waals surface area contributed by atoms with Gasteiger partial charge in [-0.25, -0.2) is 4.79 Å². The molecule has 0 spiro atoms. The number of aryl methyl sites for hydroxylation is 1. The first kappa shape index (κ1) is 16.9. The summed E-state index contributed by atoms with van der Waals surface area (Å²) in [6.07, 6.45) is 2.47. The fourth-order valence-electron chi connectivity index (χ4n) is 1.70. The molecule has 1 amide bonds. The summed E-state index contributed by atoms with van der Waals surface area (Å²) in [5, 5.41) is 18.0. The van der Waals surface area contributed by atoms with Crippen molar-refractivity contribution in [3.8, 4) is 0 Å². The Balaban J connectivity index is 3.15. The minimum absolute atomic E-state index is 0.146. The number of aliphatic hydroxyl groups excluding tert-OH is 1. The highest BCUT2D eigenvalue weighted by Gasteiger charge is 2.28. The van der Waals surface area contributed by atoms with Crippen molar-refractivity contribution in [2.24, 2.45) is 0 Å². The monoisotopic (exact) mass is 291 g/mol. The Morgan fingerprint density at radius 2 is 1.95 bits per heavy atom. The number of hydrogen-bond donors (Lipinski definition) is 2. The van der Waals surface area contributed by atoms with Crippen LogP contribution in [0.4, 0.5) is 0 Å². The Kier molecular flexibility index (Phi) is 5.27. The van der Waals surface area contributed by atoms with E-state index in [0.29, 0.717) is 11.1 Å². The summed E-state index contributed by atoms with van der Waals surface area (Å²) in [7, 11) is 1.64. The molecule has 0 bridgehead atoms. The van der Waals surface area contributed by atoms with Gasteiger partial charge in [0.1, 0.15) is 0 Å². The molecule has 0 fully saturated rings. The number of rotatable bonds is 5. The number of carbonyl (C=O) groups is 2. The molecule has 1 aromatic rings. The van der Waals surface area contributed by atoms with E-state index in [2.05, 4.69) is 0 Å². The number of aliphatic hydroxyl groups is 1. The second kappa shape index (κ2) is 6.54. The molecule has 0 unspecified atom stereocenters. The lowest BCUT2D eigenvalue weighted by Crippen LogP contribution is -2.47. The van der Waals surface area contributed by atoms with Crippen LogP contribution in [0.2, 0.25) is 0 Å². The molecule has 0 aliphatic heterocycles. The topological polar surface area (TPSA) is 77.8 Å². The molecule has 0 saturated carbocycles.